The van der Waals surface area contributed by atoms with Gasteiger partial charge in [-0.05, 0) is 25.8 Å². The highest BCUT2D eigenvalue weighted by Gasteiger charge is 2.24. The lowest BCUT2D eigenvalue weighted by Gasteiger charge is -2.02. The molecule has 1 fully saturated rings. The molecule has 112 valence electrons. The zero-order chi connectivity index (χ0) is 14.6. The maximum absolute atomic E-state index is 11.7. The Morgan fingerprint density at radius 3 is 3.00 bits per heavy atom. The Balaban J connectivity index is 1.80. The molecular formula is C10H17N5O4S. The minimum Gasteiger partial charge on any atom is -0.349 e. The molecule has 0 saturated carbocycles. The van der Waals surface area contributed by atoms with Crippen LogP contribution in [0, 0.1) is 0 Å². The molecule has 1 atom stereocenters. The zero-order valence-electron chi connectivity index (χ0n) is 10.8. The fourth-order valence-electron chi connectivity index (χ4n) is 1.92. The molecule has 4 N–H and O–H groups in total. The van der Waals surface area contributed by atoms with Crippen molar-refractivity contribution in [1.82, 2.24) is 20.8 Å². The van der Waals surface area contributed by atoms with Crippen LogP contribution in [0.25, 0.3) is 0 Å². The second-order valence-electron chi connectivity index (χ2n) is 4.58. The van der Waals surface area contributed by atoms with Crippen LogP contribution in [0.15, 0.2) is 4.52 Å². The van der Waals surface area contributed by atoms with Crippen LogP contribution < -0.4 is 15.8 Å². The van der Waals surface area contributed by atoms with E-state index in [4.69, 9.17) is 9.66 Å². The second-order valence-corrected chi connectivity index (χ2v) is 6.32. The number of nitrogens with two attached hydrogens (primary N) is 1. The minimum atomic E-state index is -3.50. The molecular weight excluding hydrogens is 286 g/mol. The normalized spacial score (nSPS) is 19.1. The number of rotatable bonds is 6. The van der Waals surface area contributed by atoms with Gasteiger partial charge < -0.3 is 15.2 Å². The summed E-state index contributed by atoms with van der Waals surface area (Å²) < 4.78 is 26.5. The highest BCUT2D eigenvalue weighted by molar-refractivity contribution is 7.89. The molecule has 1 unspecified atom stereocenters. The van der Waals surface area contributed by atoms with Crippen LogP contribution >= 0.6 is 0 Å². The summed E-state index contributed by atoms with van der Waals surface area (Å²) in [4.78, 5) is 15.7. The number of hydrogen-bond donors (Lipinski definition) is 3. The topological polar surface area (TPSA) is 140 Å². The first-order valence-electron chi connectivity index (χ1n) is 6.31. The van der Waals surface area contributed by atoms with E-state index in [1.165, 1.54) is 0 Å². The summed E-state index contributed by atoms with van der Waals surface area (Å²) in [6.07, 6.45) is 2.17. The number of carbonyl (C=O) groups is 1. The molecule has 1 amide bonds. The highest BCUT2D eigenvalue weighted by Crippen LogP contribution is 2.20. The van der Waals surface area contributed by atoms with Crippen LogP contribution in [-0.4, -0.2) is 43.3 Å². The molecule has 1 aliphatic rings. The summed E-state index contributed by atoms with van der Waals surface area (Å²) in [7, 11) is -3.50. The number of nitrogens with zero attached hydrogens (tertiary/aromatic N) is 2. The Hall–Kier alpha value is -1.52. The number of nitrogens with one attached hydrogen (secondary N) is 2. The minimum absolute atomic E-state index is 0.00596. The van der Waals surface area contributed by atoms with E-state index in [0.29, 0.717) is 5.89 Å². The monoisotopic (exact) mass is 303 g/mol. The number of carbonyl (C=O) groups excluding carboxylic acids is 1. The van der Waals surface area contributed by atoms with Gasteiger partial charge in [0.1, 0.15) is 0 Å². The van der Waals surface area contributed by atoms with Crippen molar-refractivity contribution in [3.05, 3.63) is 11.7 Å². The largest absolute Gasteiger partial charge is 0.349 e. The van der Waals surface area contributed by atoms with Crippen LogP contribution in [0.4, 0.5) is 0 Å². The van der Waals surface area contributed by atoms with Gasteiger partial charge in [-0.25, -0.2) is 13.6 Å². The first-order valence-corrected chi connectivity index (χ1v) is 8.03. The molecule has 1 aliphatic heterocycles. The fraction of sp³-hybridized carbons (Fsp3) is 0.700. The van der Waals surface area contributed by atoms with E-state index in [1.807, 2.05) is 0 Å². The number of amides is 1. The molecule has 20 heavy (non-hydrogen) atoms. The summed E-state index contributed by atoms with van der Waals surface area (Å²) in [6.45, 7) is 1.07. The third-order valence-electron chi connectivity index (χ3n) is 2.89. The SMILES string of the molecule is NS(=O)(=O)CCCNC(=O)c1noc(C2CCCN2)n1. The zero-order valence-corrected chi connectivity index (χ0v) is 11.6. The Kier molecular flexibility index (Phi) is 4.68. The van der Waals surface area contributed by atoms with E-state index in [0.717, 1.165) is 19.4 Å². The Labute approximate surface area is 116 Å². The quantitative estimate of drug-likeness (QED) is 0.567. The van der Waals surface area contributed by atoms with Crippen LogP contribution in [-0.2, 0) is 10.0 Å². The molecule has 9 nitrogen and oxygen atoms in total. The lowest BCUT2D eigenvalue weighted by atomic mass is 10.2. The third-order valence-corrected chi connectivity index (χ3v) is 3.75. The number of hydrogen-bond acceptors (Lipinski definition) is 7. The molecule has 1 aromatic heterocycles. The van der Waals surface area contributed by atoms with Gasteiger partial charge in [-0.1, -0.05) is 5.16 Å². The van der Waals surface area contributed by atoms with Crippen molar-refractivity contribution >= 4 is 15.9 Å². The van der Waals surface area contributed by atoms with Crippen LogP contribution in [0.1, 0.15) is 41.8 Å². The molecule has 2 heterocycles. The average Bonchev–Trinajstić information content (AvgIpc) is 3.02. The van der Waals surface area contributed by atoms with Gasteiger partial charge >= 0.3 is 0 Å². The van der Waals surface area contributed by atoms with Gasteiger partial charge in [-0.2, -0.15) is 4.98 Å². The maximum atomic E-state index is 11.7. The van der Waals surface area contributed by atoms with Crippen molar-refractivity contribution in [2.45, 2.75) is 25.3 Å². The summed E-state index contributed by atoms with van der Waals surface area (Å²) in [5.41, 5.74) is 0. The second kappa shape index (κ2) is 6.29. The first-order chi connectivity index (χ1) is 9.46. The van der Waals surface area contributed by atoms with Crippen LogP contribution in [0.2, 0.25) is 0 Å². The van der Waals surface area contributed by atoms with Crippen LogP contribution in [0.3, 0.4) is 0 Å². The lowest BCUT2D eigenvalue weighted by molar-refractivity contribution is 0.0940. The van der Waals surface area contributed by atoms with Gasteiger partial charge in [0.2, 0.25) is 15.9 Å². The standard InChI is InChI=1S/C10H17N5O4S/c11-20(17,18)6-2-5-13-9(16)8-14-10(19-15-8)7-3-1-4-12-7/h7,12H,1-6H2,(H,13,16)(H2,11,17,18). The van der Waals surface area contributed by atoms with E-state index in [2.05, 4.69) is 20.8 Å². The first kappa shape index (κ1) is 14.9. The fourth-order valence-corrected chi connectivity index (χ4v) is 2.47. The van der Waals surface area contributed by atoms with Crippen molar-refractivity contribution in [3.63, 3.8) is 0 Å². The van der Waals surface area contributed by atoms with Crippen molar-refractivity contribution in [2.24, 2.45) is 5.14 Å². The van der Waals surface area contributed by atoms with Crippen LogP contribution in [0.5, 0.6) is 0 Å². The van der Waals surface area contributed by atoms with E-state index in [1.54, 1.807) is 0 Å². The summed E-state index contributed by atoms with van der Waals surface area (Å²) in [5, 5.41) is 14.2. The molecule has 0 aromatic carbocycles. The Morgan fingerprint density at radius 2 is 2.35 bits per heavy atom. The van der Waals surface area contributed by atoms with Crippen molar-refractivity contribution in [1.29, 1.82) is 0 Å². The van der Waals surface area contributed by atoms with Crippen molar-refractivity contribution < 1.29 is 17.7 Å². The number of aromatic nitrogens is 2. The predicted molar refractivity (Wildman–Crippen MR) is 69.2 cm³/mol. The molecule has 1 aromatic rings. The maximum Gasteiger partial charge on any atom is 0.292 e. The number of primary sulfonamides is 1. The highest BCUT2D eigenvalue weighted by atomic mass is 32.2. The summed E-state index contributed by atoms with van der Waals surface area (Å²) >= 11 is 0. The predicted octanol–water partition coefficient (Wildman–Crippen LogP) is -1.10. The smallest absolute Gasteiger partial charge is 0.292 e. The van der Waals surface area contributed by atoms with Crippen molar-refractivity contribution in [3.8, 4) is 0 Å². The van der Waals surface area contributed by atoms with Gasteiger partial charge in [-0.3, -0.25) is 4.79 Å². The summed E-state index contributed by atoms with van der Waals surface area (Å²) in [6, 6.07) is 0.00596. The Bertz CT molecular complexity index is 564. The molecule has 10 heteroatoms. The molecule has 0 bridgehead atoms. The van der Waals surface area contributed by atoms with E-state index in [-0.39, 0.29) is 30.6 Å². The average molecular weight is 303 g/mol. The van der Waals surface area contributed by atoms with E-state index in [9.17, 15) is 13.2 Å². The van der Waals surface area contributed by atoms with E-state index >= 15 is 0 Å². The lowest BCUT2D eigenvalue weighted by Crippen LogP contribution is -2.28. The van der Waals surface area contributed by atoms with Crippen molar-refractivity contribution in [2.75, 3.05) is 18.8 Å². The molecule has 0 spiro atoms. The van der Waals surface area contributed by atoms with Gasteiger partial charge in [0.25, 0.3) is 11.7 Å². The molecule has 1 saturated heterocycles. The Morgan fingerprint density at radius 1 is 1.55 bits per heavy atom. The van der Waals surface area contributed by atoms with Gasteiger partial charge in [0, 0.05) is 6.54 Å². The third kappa shape index (κ3) is 4.25. The molecule has 2 rings (SSSR count). The number of sulfonamides is 1. The van der Waals surface area contributed by atoms with E-state index < -0.39 is 15.9 Å². The summed E-state index contributed by atoms with van der Waals surface area (Å²) in [5.74, 6) is -0.328. The van der Waals surface area contributed by atoms with Gasteiger partial charge in [0.05, 0.1) is 11.8 Å². The van der Waals surface area contributed by atoms with Gasteiger partial charge in [0.15, 0.2) is 0 Å². The van der Waals surface area contributed by atoms with Gasteiger partial charge in [-0.15, -0.1) is 0 Å². The molecule has 0 aliphatic carbocycles. The molecule has 0 radical (unpaired) electrons.